The Hall–Kier alpha value is -1.56. The number of nitrogens with one attached hydrogen (secondary N) is 1. The Kier molecular flexibility index (Phi) is 5.37. The molecule has 1 saturated heterocycles. The Labute approximate surface area is 150 Å². The van der Waals surface area contributed by atoms with Crippen molar-refractivity contribution in [1.29, 1.82) is 0 Å². The molecule has 0 aromatic carbocycles. The third kappa shape index (κ3) is 3.84. The molecule has 1 saturated carbocycles. The predicted molar refractivity (Wildman–Crippen MR) is 98.9 cm³/mol. The molecule has 25 heavy (non-hydrogen) atoms. The first-order chi connectivity index (χ1) is 11.9. The van der Waals surface area contributed by atoms with Gasteiger partial charge in [-0.05, 0) is 38.5 Å². The highest BCUT2D eigenvalue weighted by Gasteiger charge is 2.45. The lowest BCUT2D eigenvalue weighted by Gasteiger charge is -2.50. The Balaban J connectivity index is 1.71. The van der Waals surface area contributed by atoms with E-state index in [1.807, 2.05) is 9.58 Å². The number of ether oxygens (including phenoxy) is 1. The SMILES string of the molecule is CCCCn1ncc(NC(=O)N2CC(C)OC3(CCC3)C2)c1C(C)C. The second-order valence-electron chi connectivity index (χ2n) is 7.95. The van der Waals surface area contributed by atoms with E-state index in [0.29, 0.717) is 19.0 Å². The van der Waals surface area contributed by atoms with E-state index in [0.717, 1.165) is 43.6 Å². The number of urea groups is 1. The molecule has 1 spiro atoms. The van der Waals surface area contributed by atoms with Crippen molar-refractivity contribution in [2.24, 2.45) is 0 Å². The van der Waals surface area contributed by atoms with Crippen molar-refractivity contribution in [3.63, 3.8) is 0 Å². The van der Waals surface area contributed by atoms with Crippen LogP contribution in [0.5, 0.6) is 0 Å². The zero-order valence-corrected chi connectivity index (χ0v) is 16.0. The van der Waals surface area contributed by atoms with Crippen molar-refractivity contribution in [1.82, 2.24) is 14.7 Å². The number of anilines is 1. The molecule has 140 valence electrons. The number of hydrogen-bond acceptors (Lipinski definition) is 3. The molecule has 2 fully saturated rings. The summed E-state index contributed by atoms with van der Waals surface area (Å²) in [5.41, 5.74) is 1.86. The second kappa shape index (κ2) is 7.36. The van der Waals surface area contributed by atoms with Gasteiger partial charge in [-0.2, -0.15) is 5.10 Å². The minimum absolute atomic E-state index is 0.0293. The third-order valence-electron chi connectivity index (χ3n) is 5.35. The molecular formula is C19H32N4O2. The van der Waals surface area contributed by atoms with Gasteiger partial charge in [-0.3, -0.25) is 4.68 Å². The number of carbonyl (C=O) groups excluding carboxylic acids is 1. The van der Waals surface area contributed by atoms with Crippen molar-refractivity contribution in [2.75, 3.05) is 18.4 Å². The highest BCUT2D eigenvalue weighted by molar-refractivity contribution is 5.90. The zero-order chi connectivity index (χ0) is 18.0. The quantitative estimate of drug-likeness (QED) is 0.875. The van der Waals surface area contributed by atoms with Crippen LogP contribution < -0.4 is 5.32 Å². The number of nitrogens with zero attached hydrogens (tertiary/aromatic N) is 3. The lowest BCUT2D eigenvalue weighted by molar-refractivity contribution is -0.174. The number of aryl methyl sites for hydroxylation is 1. The summed E-state index contributed by atoms with van der Waals surface area (Å²) < 4.78 is 8.15. The lowest BCUT2D eigenvalue weighted by atomic mass is 9.78. The number of aromatic nitrogens is 2. The van der Waals surface area contributed by atoms with Gasteiger partial charge in [-0.15, -0.1) is 0 Å². The number of morpholine rings is 1. The van der Waals surface area contributed by atoms with Gasteiger partial charge in [0.25, 0.3) is 0 Å². The molecule has 0 bridgehead atoms. The average molecular weight is 348 g/mol. The number of carbonyl (C=O) groups is 1. The standard InChI is InChI=1S/C19H32N4O2/c1-5-6-10-23-17(14(2)3)16(11-20-23)21-18(24)22-12-15(4)25-19(13-22)8-7-9-19/h11,14-15H,5-10,12-13H2,1-4H3,(H,21,24). The maximum Gasteiger partial charge on any atom is 0.322 e. The molecule has 2 amide bonds. The van der Waals surface area contributed by atoms with Crippen LogP contribution in [0.3, 0.4) is 0 Å². The minimum atomic E-state index is -0.0960. The third-order valence-corrected chi connectivity index (χ3v) is 5.35. The predicted octanol–water partition coefficient (Wildman–Crippen LogP) is 3.98. The van der Waals surface area contributed by atoms with Crippen LogP contribution in [-0.4, -0.2) is 45.5 Å². The van der Waals surface area contributed by atoms with Gasteiger partial charge in [-0.25, -0.2) is 4.79 Å². The normalized spacial score (nSPS) is 22.3. The summed E-state index contributed by atoms with van der Waals surface area (Å²) in [5, 5.41) is 7.62. The monoisotopic (exact) mass is 348 g/mol. The molecule has 3 rings (SSSR count). The van der Waals surface area contributed by atoms with E-state index in [-0.39, 0.29) is 17.7 Å². The van der Waals surface area contributed by atoms with E-state index in [1.54, 1.807) is 6.20 Å². The van der Waals surface area contributed by atoms with Crippen LogP contribution in [0.25, 0.3) is 0 Å². The van der Waals surface area contributed by atoms with Crippen LogP contribution >= 0.6 is 0 Å². The molecular weight excluding hydrogens is 316 g/mol. The van der Waals surface area contributed by atoms with Crippen LogP contribution in [0.1, 0.15) is 71.4 Å². The van der Waals surface area contributed by atoms with Crippen LogP contribution in [-0.2, 0) is 11.3 Å². The first-order valence-corrected chi connectivity index (χ1v) is 9.73. The molecule has 0 radical (unpaired) electrons. The van der Waals surface area contributed by atoms with Gasteiger partial charge in [0, 0.05) is 13.1 Å². The van der Waals surface area contributed by atoms with E-state index in [9.17, 15) is 4.79 Å². The van der Waals surface area contributed by atoms with E-state index < -0.39 is 0 Å². The Bertz CT molecular complexity index is 607. The van der Waals surface area contributed by atoms with Crippen LogP contribution in [0.2, 0.25) is 0 Å². The first kappa shape index (κ1) is 18.2. The Morgan fingerprint density at radius 3 is 2.84 bits per heavy atom. The number of unbranched alkanes of at least 4 members (excludes halogenated alkanes) is 1. The number of amides is 2. The second-order valence-corrected chi connectivity index (χ2v) is 7.95. The molecule has 6 nitrogen and oxygen atoms in total. The van der Waals surface area contributed by atoms with Crippen LogP contribution in [0, 0.1) is 0 Å². The molecule has 1 aromatic heterocycles. The van der Waals surface area contributed by atoms with Crippen LogP contribution in [0.15, 0.2) is 6.20 Å². The maximum absolute atomic E-state index is 12.9. The van der Waals surface area contributed by atoms with E-state index >= 15 is 0 Å². The molecule has 2 heterocycles. The van der Waals surface area contributed by atoms with Gasteiger partial charge < -0.3 is 15.0 Å². The molecule has 1 atom stereocenters. The molecule has 1 N–H and O–H groups in total. The highest BCUT2D eigenvalue weighted by atomic mass is 16.5. The maximum atomic E-state index is 12.9. The van der Waals surface area contributed by atoms with Crippen molar-refractivity contribution < 1.29 is 9.53 Å². The van der Waals surface area contributed by atoms with E-state index in [2.05, 4.69) is 38.1 Å². The highest BCUT2D eigenvalue weighted by Crippen LogP contribution is 2.40. The fourth-order valence-electron chi connectivity index (χ4n) is 4.01. The lowest BCUT2D eigenvalue weighted by Crippen LogP contribution is -2.60. The smallest absolute Gasteiger partial charge is 0.322 e. The summed E-state index contributed by atoms with van der Waals surface area (Å²) in [4.78, 5) is 14.8. The zero-order valence-electron chi connectivity index (χ0n) is 16.0. The Morgan fingerprint density at radius 1 is 1.48 bits per heavy atom. The van der Waals surface area contributed by atoms with E-state index in [4.69, 9.17) is 4.74 Å². The molecule has 1 aliphatic heterocycles. The first-order valence-electron chi connectivity index (χ1n) is 9.73. The summed E-state index contributed by atoms with van der Waals surface area (Å²) in [6, 6.07) is -0.0293. The van der Waals surface area contributed by atoms with Crippen molar-refractivity contribution in [2.45, 2.75) is 84.0 Å². The molecule has 1 aliphatic carbocycles. The van der Waals surface area contributed by atoms with Crippen molar-refractivity contribution in [3.05, 3.63) is 11.9 Å². The summed E-state index contributed by atoms with van der Waals surface area (Å²) >= 11 is 0. The van der Waals surface area contributed by atoms with Gasteiger partial charge in [0.05, 0.1) is 35.8 Å². The molecule has 2 aliphatic rings. The largest absolute Gasteiger partial charge is 0.368 e. The van der Waals surface area contributed by atoms with Crippen molar-refractivity contribution >= 4 is 11.7 Å². The van der Waals surface area contributed by atoms with Gasteiger partial charge in [-0.1, -0.05) is 27.2 Å². The van der Waals surface area contributed by atoms with Gasteiger partial charge in [0.1, 0.15) is 0 Å². The minimum Gasteiger partial charge on any atom is -0.368 e. The summed E-state index contributed by atoms with van der Waals surface area (Å²) in [5.74, 6) is 0.316. The summed E-state index contributed by atoms with van der Waals surface area (Å²) in [6.45, 7) is 10.8. The molecule has 1 unspecified atom stereocenters. The Morgan fingerprint density at radius 2 is 2.24 bits per heavy atom. The average Bonchev–Trinajstić information content (AvgIpc) is 2.93. The van der Waals surface area contributed by atoms with Gasteiger partial charge in [0.2, 0.25) is 0 Å². The summed E-state index contributed by atoms with van der Waals surface area (Å²) in [7, 11) is 0. The van der Waals surface area contributed by atoms with Gasteiger partial charge in [0.15, 0.2) is 0 Å². The number of rotatable bonds is 5. The molecule has 6 heteroatoms. The number of hydrogen-bond donors (Lipinski definition) is 1. The fourth-order valence-corrected chi connectivity index (χ4v) is 4.01. The van der Waals surface area contributed by atoms with E-state index in [1.165, 1.54) is 6.42 Å². The van der Waals surface area contributed by atoms with Crippen molar-refractivity contribution in [3.8, 4) is 0 Å². The van der Waals surface area contributed by atoms with Crippen LogP contribution in [0.4, 0.5) is 10.5 Å². The fraction of sp³-hybridized carbons (Fsp3) is 0.789. The molecule has 1 aromatic rings. The summed E-state index contributed by atoms with van der Waals surface area (Å²) in [6.07, 6.45) is 7.44. The van der Waals surface area contributed by atoms with Gasteiger partial charge >= 0.3 is 6.03 Å². The topological polar surface area (TPSA) is 59.4 Å².